The van der Waals surface area contributed by atoms with Gasteiger partial charge in [0.2, 0.25) is 0 Å². The molecule has 82 valence electrons. The topological polar surface area (TPSA) is 76.2 Å². The SMILES string of the molecule is Cc1cccc(Br)c1-c1nc(C(=O)O)no1. The third-order valence-corrected chi connectivity index (χ3v) is 2.71. The van der Waals surface area contributed by atoms with E-state index in [1.54, 1.807) is 0 Å². The molecule has 16 heavy (non-hydrogen) atoms. The second kappa shape index (κ2) is 4.05. The Labute approximate surface area is 99.2 Å². The van der Waals surface area contributed by atoms with E-state index in [0.717, 1.165) is 10.0 Å². The normalized spacial score (nSPS) is 10.4. The molecule has 0 bridgehead atoms. The van der Waals surface area contributed by atoms with Crippen molar-refractivity contribution in [3.8, 4) is 11.5 Å². The Morgan fingerprint density at radius 1 is 1.50 bits per heavy atom. The highest BCUT2D eigenvalue weighted by molar-refractivity contribution is 9.10. The van der Waals surface area contributed by atoms with Gasteiger partial charge in [-0.15, -0.1) is 0 Å². The van der Waals surface area contributed by atoms with Crippen molar-refractivity contribution in [2.75, 3.05) is 0 Å². The van der Waals surface area contributed by atoms with E-state index in [2.05, 4.69) is 26.1 Å². The van der Waals surface area contributed by atoms with Crippen molar-refractivity contribution in [1.29, 1.82) is 0 Å². The van der Waals surface area contributed by atoms with Crippen LogP contribution in [0.5, 0.6) is 0 Å². The summed E-state index contributed by atoms with van der Waals surface area (Å²) in [4.78, 5) is 14.4. The summed E-state index contributed by atoms with van der Waals surface area (Å²) in [5.41, 5.74) is 1.64. The molecule has 1 aromatic heterocycles. The largest absolute Gasteiger partial charge is 0.475 e. The van der Waals surface area contributed by atoms with Crippen LogP contribution in [0.15, 0.2) is 27.2 Å². The summed E-state index contributed by atoms with van der Waals surface area (Å²) in [6.45, 7) is 1.88. The molecule has 0 aliphatic rings. The monoisotopic (exact) mass is 282 g/mol. The average Bonchev–Trinajstić information content (AvgIpc) is 2.66. The molecular formula is C10H7BrN2O3. The third-order valence-electron chi connectivity index (χ3n) is 2.05. The summed E-state index contributed by atoms with van der Waals surface area (Å²) in [7, 11) is 0. The molecule has 0 aliphatic carbocycles. The van der Waals surface area contributed by atoms with Crippen molar-refractivity contribution in [3.63, 3.8) is 0 Å². The Bertz CT molecular complexity index is 530. The van der Waals surface area contributed by atoms with Gasteiger partial charge in [-0.05, 0) is 39.6 Å². The molecule has 2 aromatic rings. The van der Waals surface area contributed by atoms with Crippen molar-refractivity contribution >= 4 is 21.9 Å². The number of benzene rings is 1. The highest BCUT2D eigenvalue weighted by atomic mass is 79.9. The van der Waals surface area contributed by atoms with Gasteiger partial charge in [0.25, 0.3) is 11.7 Å². The molecule has 1 aromatic carbocycles. The van der Waals surface area contributed by atoms with Crippen LogP contribution in [0.2, 0.25) is 0 Å². The lowest BCUT2D eigenvalue weighted by atomic mass is 10.1. The number of carbonyl (C=O) groups is 1. The maximum Gasteiger partial charge on any atom is 0.377 e. The van der Waals surface area contributed by atoms with Gasteiger partial charge in [0, 0.05) is 4.47 Å². The number of carboxylic acid groups (broad SMARTS) is 1. The first-order valence-electron chi connectivity index (χ1n) is 4.42. The summed E-state index contributed by atoms with van der Waals surface area (Å²) < 4.78 is 5.69. The smallest absolute Gasteiger partial charge is 0.377 e. The molecule has 1 N–H and O–H groups in total. The van der Waals surface area contributed by atoms with Crippen molar-refractivity contribution in [3.05, 3.63) is 34.1 Å². The quantitative estimate of drug-likeness (QED) is 0.916. The average molecular weight is 283 g/mol. The number of carboxylic acids is 1. The van der Waals surface area contributed by atoms with E-state index in [0.29, 0.717) is 5.56 Å². The first-order valence-corrected chi connectivity index (χ1v) is 5.21. The van der Waals surface area contributed by atoms with E-state index >= 15 is 0 Å². The van der Waals surface area contributed by atoms with Crippen LogP contribution in [0, 0.1) is 6.92 Å². The Balaban J connectivity index is 2.54. The van der Waals surface area contributed by atoms with Gasteiger partial charge in [-0.25, -0.2) is 4.79 Å². The third kappa shape index (κ3) is 1.83. The van der Waals surface area contributed by atoms with Gasteiger partial charge in [-0.2, -0.15) is 4.98 Å². The van der Waals surface area contributed by atoms with Crippen molar-refractivity contribution < 1.29 is 14.4 Å². The first kappa shape index (κ1) is 10.8. The molecule has 0 atom stereocenters. The van der Waals surface area contributed by atoms with Crippen molar-refractivity contribution in [2.24, 2.45) is 0 Å². The van der Waals surface area contributed by atoms with E-state index in [1.165, 1.54) is 0 Å². The number of aryl methyl sites for hydroxylation is 1. The molecule has 6 heteroatoms. The van der Waals surface area contributed by atoms with Crippen LogP contribution in [0.25, 0.3) is 11.5 Å². The van der Waals surface area contributed by atoms with E-state index in [4.69, 9.17) is 9.63 Å². The van der Waals surface area contributed by atoms with Gasteiger partial charge in [-0.3, -0.25) is 0 Å². The zero-order chi connectivity index (χ0) is 11.7. The maximum absolute atomic E-state index is 10.6. The summed E-state index contributed by atoms with van der Waals surface area (Å²) in [6.07, 6.45) is 0. The highest BCUT2D eigenvalue weighted by Gasteiger charge is 2.17. The predicted molar refractivity (Wildman–Crippen MR) is 59.1 cm³/mol. The van der Waals surface area contributed by atoms with Gasteiger partial charge in [0.1, 0.15) is 0 Å². The fourth-order valence-electron chi connectivity index (χ4n) is 1.31. The van der Waals surface area contributed by atoms with E-state index < -0.39 is 5.97 Å². The Morgan fingerprint density at radius 3 is 2.81 bits per heavy atom. The van der Waals surface area contributed by atoms with Crippen LogP contribution >= 0.6 is 15.9 Å². The number of hydrogen-bond acceptors (Lipinski definition) is 4. The second-order valence-corrected chi connectivity index (χ2v) is 4.01. The van der Waals surface area contributed by atoms with Crippen LogP contribution in [-0.4, -0.2) is 21.2 Å². The lowest BCUT2D eigenvalue weighted by Crippen LogP contribution is -1.98. The number of hydrogen-bond donors (Lipinski definition) is 1. The van der Waals surface area contributed by atoms with E-state index in [-0.39, 0.29) is 11.7 Å². The molecule has 0 fully saturated rings. The fraction of sp³-hybridized carbons (Fsp3) is 0.100. The maximum atomic E-state index is 10.6. The lowest BCUT2D eigenvalue weighted by Gasteiger charge is -2.02. The molecule has 0 saturated carbocycles. The molecule has 2 rings (SSSR count). The summed E-state index contributed by atoms with van der Waals surface area (Å²) in [6, 6.07) is 5.58. The molecule has 0 amide bonds. The number of rotatable bonds is 2. The fourth-order valence-corrected chi connectivity index (χ4v) is 1.95. The molecule has 1 heterocycles. The van der Waals surface area contributed by atoms with Crippen LogP contribution in [-0.2, 0) is 0 Å². The predicted octanol–water partition coefficient (Wildman–Crippen LogP) is 2.51. The molecular weight excluding hydrogens is 276 g/mol. The Morgan fingerprint density at radius 2 is 2.25 bits per heavy atom. The standard InChI is InChI=1S/C10H7BrN2O3/c1-5-3-2-4-6(11)7(5)9-12-8(10(14)15)13-16-9/h2-4H,1H3,(H,14,15). The molecule has 0 radical (unpaired) electrons. The molecule has 0 unspecified atom stereocenters. The number of nitrogens with zero attached hydrogens (tertiary/aromatic N) is 2. The zero-order valence-electron chi connectivity index (χ0n) is 8.27. The molecule has 0 saturated heterocycles. The van der Waals surface area contributed by atoms with E-state index in [9.17, 15) is 4.79 Å². The van der Waals surface area contributed by atoms with Gasteiger partial charge in [0.15, 0.2) is 0 Å². The van der Waals surface area contributed by atoms with Crippen molar-refractivity contribution in [2.45, 2.75) is 6.92 Å². The summed E-state index contributed by atoms with van der Waals surface area (Å²) >= 11 is 3.35. The van der Waals surface area contributed by atoms with Gasteiger partial charge < -0.3 is 9.63 Å². The van der Waals surface area contributed by atoms with Crippen LogP contribution in [0.3, 0.4) is 0 Å². The minimum absolute atomic E-state index is 0.197. The second-order valence-electron chi connectivity index (χ2n) is 3.16. The molecule has 0 spiro atoms. The zero-order valence-corrected chi connectivity index (χ0v) is 9.85. The summed E-state index contributed by atoms with van der Waals surface area (Å²) in [5.74, 6) is -1.35. The molecule has 0 aliphatic heterocycles. The Kier molecular flexibility index (Phi) is 2.74. The minimum atomic E-state index is -1.21. The van der Waals surface area contributed by atoms with Crippen LogP contribution < -0.4 is 0 Å². The van der Waals surface area contributed by atoms with Crippen LogP contribution in [0.4, 0.5) is 0 Å². The lowest BCUT2D eigenvalue weighted by molar-refractivity contribution is 0.0680. The van der Waals surface area contributed by atoms with Gasteiger partial charge in [-0.1, -0.05) is 12.1 Å². The number of aromatic nitrogens is 2. The Hall–Kier alpha value is -1.69. The minimum Gasteiger partial charge on any atom is -0.475 e. The first-order chi connectivity index (χ1) is 7.59. The van der Waals surface area contributed by atoms with Crippen LogP contribution in [0.1, 0.15) is 16.2 Å². The summed E-state index contributed by atoms with van der Waals surface area (Å²) in [5, 5.41) is 12.1. The highest BCUT2D eigenvalue weighted by Crippen LogP contribution is 2.29. The van der Waals surface area contributed by atoms with E-state index in [1.807, 2.05) is 25.1 Å². The van der Waals surface area contributed by atoms with Crippen molar-refractivity contribution in [1.82, 2.24) is 10.1 Å². The number of halogens is 1. The molecule has 5 nitrogen and oxygen atoms in total. The van der Waals surface area contributed by atoms with Gasteiger partial charge >= 0.3 is 5.97 Å². The van der Waals surface area contributed by atoms with Gasteiger partial charge in [0.05, 0.1) is 5.56 Å². The number of aromatic carboxylic acids is 1.